The van der Waals surface area contributed by atoms with Crippen LogP contribution in [0, 0.1) is 0 Å². The topological polar surface area (TPSA) is 0 Å². The lowest BCUT2D eigenvalue weighted by Crippen LogP contribution is -1.58. The van der Waals surface area contributed by atoms with Crippen molar-refractivity contribution in [2.75, 3.05) is 12.5 Å². The Balaban J connectivity index is 3.38. The molecule has 0 saturated carbocycles. The van der Waals surface area contributed by atoms with Crippen molar-refractivity contribution in [3.05, 3.63) is 10.3 Å². The molecule has 0 aromatic heterocycles. The maximum atomic E-state index is 2.13. The minimum atomic E-state index is 1.39. The smallest absolute Gasteiger partial charge is 0.0465 e. The maximum Gasteiger partial charge on any atom is 0.0465 e. The molecule has 0 N–H and O–H groups in total. The second-order valence-electron chi connectivity index (χ2n) is 1.06. The molecule has 0 rings (SSSR count). The van der Waals surface area contributed by atoms with Crippen LogP contribution in [-0.2, 0) is 0 Å². The van der Waals surface area contributed by atoms with Gasteiger partial charge in [-0.2, -0.15) is 0 Å². The molecule has 0 saturated heterocycles. The van der Waals surface area contributed by atoms with Crippen LogP contribution in [0.2, 0.25) is 0 Å². The van der Waals surface area contributed by atoms with Crippen LogP contribution in [0.4, 0.5) is 0 Å². The second-order valence-corrected chi connectivity index (χ2v) is 4.61. The molecule has 3 heteroatoms. The van der Waals surface area contributed by atoms with Crippen LogP contribution >= 0.6 is 33.3 Å². The van der Waals surface area contributed by atoms with Crippen molar-refractivity contribution in [3.63, 3.8) is 0 Å². The van der Waals surface area contributed by atoms with Crippen molar-refractivity contribution in [2.45, 2.75) is 6.92 Å². The van der Waals surface area contributed by atoms with Gasteiger partial charge in [0.15, 0.2) is 0 Å². The summed E-state index contributed by atoms with van der Waals surface area (Å²) in [5.74, 6) is 0. The van der Waals surface area contributed by atoms with Crippen molar-refractivity contribution in [2.24, 2.45) is 0 Å². The third-order valence-electron chi connectivity index (χ3n) is 0.602. The third kappa shape index (κ3) is 3.75. The van der Waals surface area contributed by atoms with Gasteiger partial charge in [0.05, 0.1) is 0 Å². The first-order chi connectivity index (χ1) is 3.85. The first-order valence-corrected chi connectivity index (χ1v) is 6.04. The van der Waals surface area contributed by atoms with Gasteiger partial charge >= 0.3 is 0 Å². The molecule has 0 bridgehead atoms. The monoisotopic (exact) mass is 166 g/mol. The van der Waals surface area contributed by atoms with Crippen molar-refractivity contribution >= 4 is 33.3 Å². The summed E-state index contributed by atoms with van der Waals surface area (Å²) in [4.78, 5) is 0. The predicted octanol–water partition coefficient (Wildman–Crippen LogP) is 3.22. The van der Waals surface area contributed by atoms with E-state index in [0.717, 1.165) is 0 Å². The minimum absolute atomic E-state index is 1.39. The van der Waals surface area contributed by atoms with Crippen molar-refractivity contribution < 1.29 is 0 Å². The summed E-state index contributed by atoms with van der Waals surface area (Å²) in [5.41, 5.74) is 0. The Labute approximate surface area is 63.3 Å². The molecule has 0 unspecified atom stereocenters. The number of thioether (sulfide) groups is 1. The fraction of sp³-hybridized carbons (Fsp3) is 0.600. The van der Waals surface area contributed by atoms with E-state index in [0.29, 0.717) is 0 Å². The van der Waals surface area contributed by atoms with Crippen molar-refractivity contribution in [3.8, 4) is 0 Å². The Morgan fingerprint density at radius 2 is 2.00 bits per heavy atom. The highest BCUT2D eigenvalue weighted by Gasteiger charge is 1.88. The number of hydrogen-bond acceptors (Lipinski definition) is 3. The van der Waals surface area contributed by atoms with Gasteiger partial charge in [-0.3, -0.25) is 0 Å². The summed E-state index contributed by atoms with van der Waals surface area (Å²) in [5, 5.41) is 0. The van der Waals surface area contributed by atoms with Crippen LogP contribution in [0.3, 0.4) is 0 Å². The first kappa shape index (κ1) is 8.79. The van der Waals surface area contributed by atoms with Crippen LogP contribution in [-0.4, -0.2) is 12.5 Å². The molecule has 0 fully saturated rings. The highest BCUT2D eigenvalue weighted by molar-refractivity contribution is 8.79. The molecule has 0 radical (unpaired) electrons. The van der Waals surface area contributed by atoms with Gasteiger partial charge in [-0.15, -0.1) is 11.8 Å². The van der Waals surface area contributed by atoms with Gasteiger partial charge < -0.3 is 0 Å². The lowest BCUT2D eigenvalue weighted by Gasteiger charge is -1.95. The highest BCUT2D eigenvalue weighted by atomic mass is 33.1. The van der Waals surface area contributed by atoms with Gasteiger partial charge in [-0.05, 0) is 19.4 Å². The summed E-state index contributed by atoms with van der Waals surface area (Å²) in [6.07, 6.45) is 6.31. The Hall–Kier alpha value is 0.790. The van der Waals surface area contributed by atoms with Crippen LogP contribution in [0.15, 0.2) is 10.3 Å². The van der Waals surface area contributed by atoms with E-state index in [1.165, 1.54) is 4.24 Å². The van der Waals surface area contributed by atoms with Gasteiger partial charge in [-0.1, -0.05) is 27.7 Å². The molecule has 8 heavy (non-hydrogen) atoms. The van der Waals surface area contributed by atoms with E-state index in [-0.39, 0.29) is 0 Å². The number of allylic oxidation sites excluding steroid dienone is 1. The summed E-state index contributed by atoms with van der Waals surface area (Å²) >= 11 is 1.80. The lowest BCUT2D eigenvalue weighted by atomic mass is 10.8. The molecule has 0 nitrogen and oxygen atoms in total. The second kappa shape index (κ2) is 5.92. The van der Waals surface area contributed by atoms with Crippen molar-refractivity contribution in [1.82, 2.24) is 0 Å². The van der Waals surface area contributed by atoms with Gasteiger partial charge in [0.25, 0.3) is 0 Å². The highest BCUT2D eigenvalue weighted by Crippen LogP contribution is 2.33. The molecule has 0 aromatic carbocycles. The molecule has 0 aliphatic rings. The van der Waals surface area contributed by atoms with E-state index in [1.54, 1.807) is 22.6 Å². The zero-order chi connectivity index (χ0) is 6.41. The quantitative estimate of drug-likeness (QED) is 0.591. The molecule has 0 aromatic rings. The van der Waals surface area contributed by atoms with Gasteiger partial charge in [0.2, 0.25) is 0 Å². The lowest BCUT2D eigenvalue weighted by molar-refractivity contribution is 1.77. The molecule has 0 atom stereocenters. The van der Waals surface area contributed by atoms with E-state index in [4.69, 9.17) is 0 Å². The molecule has 0 spiro atoms. The van der Waals surface area contributed by atoms with E-state index < -0.39 is 0 Å². The van der Waals surface area contributed by atoms with Crippen molar-refractivity contribution in [1.29, 1.82) is 0 Å². The molecule has 48 valence electrons. The minimum Gasteiger partial charge on any atom is -0.122 e. The van der Waals surface area contributed by atoms with Crippen LogP contribution in [0.25, 0.3) is 0 Å². The molecule has 0 aliphatic carbocycles. The summed E-state index contributed by atoms with van der Waals surface area (Å²) in [7, 11) is 3.60. The zero-order valence-electron chi connectivity index (χ0n) is 5.30. The number of rotatable bonds is 3. The van der Waals surface area contributed by atoms with E-state index in [1.807, 2.05) is 10.8 Å². The summed E-state index contributed by atoms with van der Waals surface area (Å²) < 4.78 is 1.39. The normalized spacial score (nSPS) is 12.1. The van der Waals surface area contributed by atoms with E-state index in [2.05, 4.69) is 25.5 Å². The third-order valence-corrected chi connectivity index (χ3v) is 3.91. The first-order valence-electron chi connectivity index (χ1n) is 2.26. The summed E-state index contributed by atoms with van der Waals surface area (Å²) in [6.45, 7) is 2.06. The van der Waals surface area contributed by atoms with Gasteiger partial charge in [0, 0.05) is 4.24 Å². The molecule has 0 amide bonds. The van der Waals surface area contributed by atoms with Crippen LogP contribution in [0.1, 0.15) is 6.92 Å². The maximum absolute atomic E-state index is 2.13. The Kier molecular flexibility index (Phi) is 6.50. The average Bonchev–Trinajstić information content (AvgIpc) is 1.83. The molecular formula is C5H10S3. The Morgan fingerprint density at radius 3 is 2.12 bits per heavy atom. The Morgan fingerprint density at radius 1 is 1.38 bits per heavy atom. The average molecular weight is 166 g/mol. The summed E-state index contributed by atoms with van der Waals surface area (Å²) in [6, 6.07) is 0. The zero-order valence-corrected chi connectivity index (χ0v) is 7.75. The molecule has 0 aliphatic heterocycles. The Bertz CT molecular complexity index is 77.7. The van der Waals surface area contributed by atoms with Crippen LogP contribution in [0.5, 0.6) is 0 Å². The van der Waals surface area contributed by atoms with E-state index >= 15 is 0 Å². The molecular weight excluding hydrogens is 156 g/mol. The standard InChI is InChI=1S/C5H10S3/c1-4-5(6-2)8-7-3/h4H,1-3H3/b5-4+. The fourth-order valence-electron chi connectivity index (χ4n) is 0.282. The fourth-order valence-corrected chi connectivity index (χ4v) is 3.06. The van der Waals surface area contributed by atoms with E-state index in [9.17, 15) is 0 Å². The van der Waals surface area contributed by atoms with Gasteiger partial charge in [0.1, 0.15) is 0 Å². The van der Waals surface area contributed by atoms with Crippen LogP contribution < -0.4 is 0 Å². The molecule has 0 heterocycles. The number of hydrogen-bond donors (Lipinski definition) is 0. The largest absolute Gasteiger partial charge is 0.122 e. The predicted molar refractivity (Wildman–Crippen MR) is 48.4 cm³/mol. The SMILES string of the molecule is C/C=C(\SC)SSC. The van der Waals surface area contributed by atoms with Gasteiger partial charge in [-0.25, -0.2) is 0 Å².